The van der Waals surface area contributed by atoms with Crippen LogP contribution in [-0.2, 0) is 17.6 Å². The molecule has 0 saturated heterocycles. The molecule has 0 fully saturated rings. The number of aryl methyl sites for hydroxylation is 1. The molecular weight excluding hydrogens is 346 g/mol. The Hall–Kier alpha value is -2.73. The average molecular weight is 367 g/mol. The average Bonchev–Trinajstić information content (AvgIpc) is 3.17. The van der Waals surface area contributed by atoms with Gasteiger partial charge in [0.2, 0.25) is 5.91 Å². The minimum atomic E-state index is 0.0492. The molecule has 134 valence electrons. The first-order valence-electron chi connectivity index (χ1n) is 8.50. The fourth-order valence-electron chi connectivity index (χ4n) is 2.50. The Morgan fingerprint density at radius 1 is 1.12 bits per heavy atom. The second-order valence-corrected chi connectivity index (χ2v) is 6.73. The molecular formula is C20H21N3O2S. The van der Waals surface area contributed by atoms with Crippen LogP contribution in [0.25, 0.3) is 11.4 Å². The van der Waals surface area contributed by atoms with E-state index in [9.17, 15) is 4.79 Å². The second kappa shape index (κ2) is 9.10. The lowest BCUT2D eigenvalue weighted by Crippen LogP contribution is -2.25. The predicted molar refractivity (Wildman–Crippen MR) is 103 cm³/mol. The van der Waals surface area contributed by atoms with E-state index in [2.05, 4.69) is 15.3 Å². The van der Waals surface area contributed by atoms with Gasteiger partial charge in [-0.1, -0.05) is 18.2 Å². The molecule has 0 aliphatic carbocycles. The number of hydrogen-bond acceptors (Lipinski definition) is 5. The normalized spacial score (nSPS) is 10.5. The van der Waals surface area contributed by atoms with Crippen molar-refractivity contribution < 1.29 is 9.53 Å². The van der Waals surface area contributed by atoms with E-state index in [-0.39, 0.29) is 5.91 Å². The summed E-state index contributed by atoms with van der Waals surface area (Å²) < 4.78 is 5.14. The van der Waals surface area contributed by atoms with E-state index in [1.165, 1.54) is 5.56 Å². The third-order valence-electron chi connectivity index (χ3n) is 3.94. The summed E-state index contributed by atoms with van der Waals surface area (Å²) in [5, 5.41) is 5.90. The van der Waals surface area contributed by atoms with Crippen LogP contribution in [-0.4, -0.2) is 29.5 Å². The van der Waals surface area contributed by atoms with Crippen molar-refractivity contribution in [3.8, 4) is 17.1 Å². The van der Waals surface area contributed by atoms with Gasteiger partial charge in [0.15, 0.2) is 0 Å². The molecule has 6 heteroatoms. The number of nitrogens with zero attached hydrogens (tertiary/aromatic N) is 2. The van der Waals surface area contributed by atoms with Crippen molar-refractivity contribution in [1.82, 2.24) is 15.3 Å². The van der Waals surface area contributed by atoms with E-state index >= 15 is 0 Å². The Kier molecular flexibility index (Phi) is 6.33. The largest absolute Gasteiger partial charge is 0.497 e. The van der Waals surface area contributed by atoms with Gasteiger partial charge in [-0.2, -0.15) is 0 Å². The van der Waals surface area contributed by atoms with Gasteiger partial charge in [0.05, 0.1) is 23.5 Å². The molecule has 3 rings (SSSR count). The number of ether oxygens (including phenoxy) is 1. The summed E-state index contributed by atoms with van der Waals surface area (Å²) >= 11 is 1.57. The molecule has 0 aliphatic heterocycles. The number of pyridine rings is 1. The maximum atomic E-state index is 12.0. The fraction of sp³-hybridized carbons (Fsp3) is 0.250. The lowest BCUT2D eigenvalue weighted by Gasteiger charge is -2.06. The van der Waals surface area contributed by atoms with Crippen molar-refractivity contribution >= 4 is 17.2 Å². The molecule has 1 aromatic carbocycles. The number of carbonyl (C=O) groups excluding carboxylic acids is 1. The smallest absolute Gasteiger partial charge is 0.220 e. The summed E-state index contributed by atoms with van der Waals surface area (Å²) in [6.45, 7) is 0.627. The van der Waals surface area contributed by atoms with Crippen LogP contribution in [0.5, 0.6) is 5.75 Å². The summed E-state index contributed by atoms with van der Waals surface area (Å²) in [5.41, 5.74) is 2.90. The van der Waals surface area contributed by atoms with Gasteiger partial charge >= 0.3 is 0 Å². The highest BCUT2D eigenvalue weighted by atomic mass is 32.1. The molecule has 26 heavy (non-hydrogen) atoms. The minimum absolute atomic E-state index is 0.0492. The summed E-state index contributed by atoms with van der Waals surface area (Å²) in [6, 6.07) is 13.6. The van der Waals surface area contributed by atoms with Crippen LogP contribution in [0.1, 0.15) is 17.0 Å². The second-order valence-electron chi connectivity index (χ2n) is 5.79. The van der Waals surface area contributed by atoms with Gasteiger partial charge in [0, 0.05) is 31.0 Å². The monoisotopic (exact) mass is 367 g/mol. The summed E-state index contributed by atoms with van der Waals surface area (Å²) in [6.07, 6.45) is 3.64. The van der Waals surface area contributed by atoms with Gasteiger partial charge in [-0.25, -0.2) is 4.98 Å². The van der Waals surface area contributed by atoms with Crippen molar-refractivity contribution in [2.24, 2.45) is 0 Å². The maximum absolute atomic E-state index is 12.0. The zero-order valence-corrected chi connectivity index (χ0v) is 15.5. The Balaban J connectivity index is 1.40. The number of methoxy groups -OCH3 is 1. The number of benzene rings is 1. The number of aromatic nitrogens is 2. The topological polar surface area (TPSA) is 64.1 Å². The van der Waals surface area contributed by atoms with Crippen LogP contribution in [0, 0.1) is 0 Å². The first-order valence-corrected chi connectivity index (χ1v) is 9.38. The fourth-order valence-corrected chi connectivity index (χ4v) is 3.30. The highest BCUT2D eigenvalue weighted by molar-refractivity contribution is 7.09. The van der Waals surface area contributed by atoms with Gasteiger partial charge in [0.1, 0.15) is 5.75 Å². The molecule has 0 unspecified atom stereocenters. The van der Waals surface area contributed by atoms with Gasteiger partial charge in [-0.05, 0) is 36.2 Å². The summed E-state index contributed by atoms with van der Waals surface area (Å²) in [5.74, 6) is 0.888. The zero-order chi connectivity index (χ0) is 18.2. The molecule has 1 N–H and O–H groups in total. The standard InChI is InChI=1S/C20H21N3O2S/c1-25-16-7-5-15(6-8-16)11-13-22-19(24)9-10-20-23-18(14-26-20)17-4-2-3-12-21-17/h2-8,12,14H,9-11,13H2,1H3,(H,22,24). The van der Waals surface area contributed by atoms with Crippen molar-refractivity contribution in [2.45, 2.75) is 19.3 Å². The van der Waals surface area contributed by atoms with Crippen molar-refractivity contribution in [1.29, 1.82) is 0 Å². The first kappa shape index (κ1) is 18.1. The van der Waals surface area contributed by atoms with E-state index in [0.29, 0.717) is 19.4 Å². The molecule has 0 atom stereocenters. The number of nitrogens with one attached hydrogen (secondary N) is 1. The van der Waals surface area contributed by atoms with E-state index < -0.39 is 0 Å². The van der Waals surface area contributed by atoms with E-state index in [4.69, 9.17) is 4.74 Å². The Labute approximate surface area is 157 Å². The minimum Gasteiger partial charge on any atom is -0.497 e. The molecule has 0 spiro atoms. The predicted octanol–water partition coefficient (Wildman–Crippen LogP) is 3.51. The molecule has 0 aliphatic rings. The highest BCUT2D eigenvalue weighted by Crippen LogP contribution is 2.20. The third kappa shape index (κ3) is 5.13. The number of carbonyl (C=O) groups is 1. The van der Waals surface area contributed by atoms with E-state index in [1.807, 2.05) is 47.8 Å². The highest BCUT2D eigenvalue weighted by Gasteiger charge is 2.08. The molecule has 2 heterocycles. The SMILES string of the molecule is COc1ccc(CCNC(=O)CCc2nc(-c3ccccn3)cs2)cc1. The van der Waals surface area contributed by atoms with E-state index in [0.717, 1.165) is 28.6 Å². The summed E-state index contributed by atoms with van der Waals surface area (Å²) in [7, 11) is 1.65. The van der Waals surface area contributed by atoms with Gasteiger partial charge < -0.3 is 10.1 Å². The lowest BCUT2D eigenvalue weighted by molar-refractivity contribution is -0.121. The molecule has 0 bridgehead atoms. The van der Waals surface area contributed by atoms with Crippen LogP contribution >= 0.6 is 11.3 Å². The van der Waals surface area contributed by atoms with Crippen molar-refractivity contribution in [2.75, 3.05) is 13.7 Å². The van der Waals surface area contributed by atoms with Gasteiger partial charge in [-0.3, -0.25) is 9.78 Å². The first-order chi connectivity index (χ1) is 12.7. The maximum Gasteiger partial charge on any atom is 0.220 e. The molecule has 3 aromatic rings. The van der Waals surface area contributed by atoms with Crippen LogP contribution in [0.4, 0.5) is 0 Å². The third-order valence-corrected chi connectivity index (χ3v) is 4.85. The molecule has 0 saturated carbocycles. The van der Waals surface area contributed by atoms with Gasteiger partial charge in [-0.15, -0.1) is 11.3 Å². The Bertz CT molecular complexity index is 832. The lowest BCUT2D eigenvalue weighted by atomic mass is 10.1. The molecule has 0 radical (unpaired) electrons. The number of thiazole rings is 1. The number of amides is 1. The van der Waals surface area contributed by atoms with Crippen LogP contribution < -0.4 is 10.1 Å². The van der Waals surface area contributed by atoms with Crippen LogP contribution in [0.2, 0.25) is 0 Å². The quantitative estimate of drug-likeness (QED) is 0.662. The Morgan fingerprint density at radius 2 is 1.96 bits per heavy atom. The van der Waals surface area contributed by atoms with E-state index in [1.54, 1.807) is 24.6 Å². The Morgan fingerprint density at radius 3 is 2.69 bits per heavy atom. The number of rotatable bonds is 8. The van der Waals surface area contributed by atoms with Crippen LogP contribution in [0.3, 0.4) is 0 Å². The molecule has 2 aromatic heterocycles. The molecule has 5 nitrogen and oxygen atoms in total. The summed E-state index contributed by atoms with van der Waals surface area (Å²) in [4.78, 5) is 20.9. The zero-order valence-electron chi connectivity index (χ0n) is 14.6. The van der Waals surface area contributed by atoms with Crippen molar-refractivity contribution in [3.63, 3.8) is 0 Å². The van der Waals surface area contributed by atoms with Gasteiger partial charge in [0.25, 0.3) is 0 Å². The molecule has 1 amide bonds. The van der Waals surface area contributed by atoms with Crippen molar-refractivity contribution in [3.05, 3.63) is 64.6 Å². The number of hydrogen-bond donors (Lipinski definition) is 1. The van der Waals surface area contributed by atoms with Crippen LogP contribution in [0.15, 0.2) is 54.0 Å².